The molecule has 0 saturated heterocycles. The maximum Gasteiger partial charge on any atom is 0.269 e. The van der Waals surface area contributed by atoms with Gasteiger partial charge in [0.15, 0.2) is 0 Å². The van der Waals surface area contributed by atoms with Crippen LogP contribution in [0.1, 0.15) is 22.6 Å². The van der Waals surface area contributed by atoms with Crippen molar-refractivity contribution in [3.63, 3.8) is 0 Å². The van der Waals surface area contributed by atoms with Crippen molar-refractivity contribution in [1.29, 1.82) is 0 Å². The summed E-state index contributed by atoms with van der Waals surface area (Å²) in [7, 11) is 0. The van der Waals surface area contributed by atoms with Gasteiger partial charge in [-0.1, -0.05) is 6.07 Å². The van der Waals surface area contributed by atoms with Crippen LogP contribution in [0.25, 0.3) is 0 Å². The summed E-state index contributed by atoms with van der Waals surface area (Å²) in [5.74, 6) is -0.141. The van der Waals surface area contributed by atoms with Crippen LogP contribution < -0.4 is 5.32 Å². The van der Waals surface area contributed by atoms with Crippen molar-refractivity contribution in [2.75, 3.05) is 6.54 Å². The molecular formula is C12H15N5O. The molecule has 0 saturated carbocycles. The first-order valence-corrected chi connectivity index (χ1v) is 5.80. The van der Waals surface area contributed by atoms with Crippen molar-refractivity contribution in [2.24, 2.45) is 0 Å². The van der Waals surface area contributed by atoms with Gasteiger partial charge in [0, 0.05) is 18.8 Å². The molecule has 0 radical (unpaired) electrons. The molecule has 0 atom stereocenters. The lowest BCUT2D eigenvalue weighted by atomic mass is 10.3. The van der Waals surface area contributed by atoms with E-state index in [-0.39, 0.29) is 5.91 Å². The fraction of sp³-hybridized carbons (Fsp3) is 0.333. The van der Waals surface area contributed by atoms with E-state index < -0.39 is 0 Å². The molecule has 0 bridgehead atoms. The number of aromatic nitrogens is 4. The summed E-state index contributed by atoms with van der Waals surface area (Å²) in [4.78, 5) is 19.8. The van der Waals surface area contributed by atoms with E-state index in [4.69, 9.17) is 0 Å². The lowest BCUT2D eigenvalue weighted by Gasteiger charge is -2.05. The Labute approximate surface area is 105 Å². The zero-order valence-electron chi connectivity index (χ0n) is 10.2. The summed E-state index contributed by atoms with van der Waals surface area (Å²) in [6, 6.07) is 5.40. The number of hydrogen-bond donors (Lipinski definition) is 1. The van der Waals surface area contributed by atoms with Crippen LogP contribution in [-0.2, 0) is 6.54 Å². The van der Waals surface area contributed by atoms with Crippen molar-refractivity contribution in [3.05, 3.63) is 42.2 Å². The van der Waals surface area contributed by atoms with Crippen LogP contribution in [0.15, 0.2) is 30.9 Å². The van der Waals surface area contributed by atoms with Gasteiger partial charge in [0.25, 0.3) is 5.91 Å². The molecule has 94 valence electrons. The Morgan fingerprint density at radius 2 is 2.33 bits per heavy atom. The minimum absolute atomic E-state index is 0.141. The minimum Gasteiger partial charge on any atom is -0.351 e. The number of pyridine rings is 1. The predicted octanol–water partition coefficient (Wildman–Crippen LogP) is 0.802. The first-order valence-electron chi connectivity index (χ1n) is 5.80. The highest BCUT2D eigenvalue weighted by Gasteiger charge is 2.05. The molecular weight excluding hydrogens is 230 g/mol. The zero-order valence-corrected chi connectivity index (χ0v) is 10.2. The molecule has 0 fully saturated rings. The lowest BCUT2D eigenvalue weighted by Crippen LogP contribution is -2.26. The van der Waals surface area contributed by atoms with Crippen molar-refractivity contribution in [1.82, 2.24) is 25.1 Å². The van der Waals surface area contributed by atoms with Crippen molar-refractivity contribution in [2.45, 2.75) is 19.9 Å². The molecule has 2 aromatic rings. The fourth-order valence-electron chi connectivity index (χ4n) is 1.55. The van der Waals surface area contributed by atoms with Gasteiger partial charge in [-0.05, 0) is 25.5 Å². The molecule has 6 heteroatoms. The number of hydrogen-bond acceptors (Lipinski definition) is 4. The molecule has 2 heterocycles. The summed E-state index contributed by atoms with van der Waals surface area (Å²) in [5, 5.41) is 6.81. The highest BCUT2D eigenvalue weighted by Crippen LogP contribution is 1.97. The SMILES string of the molecule is Cc1cccc(C(=O)NCCCn2cncn2)n1. The van der Waals surface area contributed by atoms with E-state index in [1.54, 1.807) is 17.1 Å². The monoisotopic (exact) mass is 245 g/mol. The van der Waals surface area contributed by atoms with E-state index in [0.29, 0.717) is 12.2 Å². The number of amides is 1. The quantitative estimate of drug-likeness (QED) is 0.791. The summed E-state index contributed by atoms with van der Waals surface area (Å²) >= 11 is 0. The summed E-state index contributed by atoms with van der Waals surface area (Å²) < 4.78 is 1.73. The smallest absolute Gasteiger partial charge is 0.269 e. The number of nitrogens with zero attached hydrogens (tertiary/aromatic N) is 4. The standard InChI is InChI=1S/C12H15N5O/c1-10-4-2-5-11(16-10)12(18)14-6-3-7-17-9-13-8-15-17/h2,4-5,8-9H,3,6-7H2,1H3,(H,14,18). The van der Waals surface area contributed by atoms with Gasteiger partial charge in [0.1, 0.15) is 18.3 Å². The van der Waals surface area contributed by atoms with Gasteiger partial charge in [0.2, 0.25) is 0 Å². The lowest BCUT2D eigenvalue weighted by molar-refractivity contribution is 0.0947. The number of carbonyl (C=O) groups is 1. The Bertz CT molecular complexity index is 509. The highest BCUT2D eigenvalue weighted by atomic mass is 16.1. The number of rotatable bonds is 5. The first kappa shape index (κ1) is 12.2. The molecule has 6 nitrogen and oxygen atoms in total. The Hall–Kier alpha value is -2.24. The highest BCUT2D eigenvalue weighted by molar-refractivity contribution is 5.92. The van der Waals surface area contributed by atoms with E-state index in [9.17, 15) is 4.79 Å². The van der Waals surface area contributed by atoms with E-state index in [1.165, 1.54) is 6.33 Å². The number of carbonyl (C=O) groups excluding carboxylic acids is 1. The maximum atomic E-state index is 11.7. The third kappa shape index (κ3) is 3.38. The molecule has 18 heavy (non-hydrogen) atoms. The predicted molar refractivity (Wildman–Crippen MR) is 65.9 cm³/mol. The Morgan fingerprint density at radius 3 is 3.06 bits per heavy atom. The number of nitrogens with one attached hydrogen (secondary N) is 1. The largest absolute Gasteiger partial charge is 0.351 e. The first-order chi connectivity index (χ1) is 8.75. The second-order valence-electron chi connectivity index (χ2n) is 3.93. The molecule has 0 aliphatic carbocycles. The molecule has 0 spiro atoms. The Morgan fingerprint density at radius 1 is 1.44 bits per heavy atom. The molecule has 0 unspecified atom stereocenters. The summed E-state index contributed by atoms with van der Waals surface area (Å²) in [5.41, 5.74) is 1.29. The molecule has 1 N–H and O–H groups in total. The normalized spacial score (nSPS) is 10.3. The topological polar surface area (TPSA) is 72.7 Å². The molecule has 0 aliphatic rings. The second kappa shape index (κ2) is 5.90. The van der Waals surface area contributed by atoms with E-state index in [2.05, 4.69) is 20.4 Å². The van der Waals surface area contributed by atoms with Crippen LogP contribution in [0, 0.1) is 6.92 Å². The van der Waals surface area contributed by atoms with Crippen LogP contribution in [0.4, 0.5) is 0 Å². The third-order valence-corrected chi connectivity index (χ3v) is 2.44. The van der Waals surface area contributed by atoms with E-state index in [0.717, 1.165) is 18.7 Å². The van der Waals surface area contributed by atoms with Gasteiger partial charge < -0.3 is 5.32 Å². The Kier molecular flexibility index (Phi) is 4.01. The van der Waals surface area contributed by atoms with Crippen LogP contribution in [-0.4, -0.2) is 32.2 Å². The maximum absolute atomic E-state index is 11.7. The van der Waals surface area contributed by atoms with Crippen molar-refractivity contribution in [3.8, 4) is 0 Å². The number of aryl methyl sites for hydroxylation is 2. The summed E-state index contributed by atoms with van der Waals surface area (Å²) in [6.07, 6.45) is 3.96. The van der Waals surface area contributed by atoms with Gasteiger partial charge in [-0.2, -0.15) is 5.10 Å². The van der Waals surface area contributed by atoms with Crippen LogP contribution >= 0.6 is 0 Å². The molecule has 0 aromatic carbocycles. The van der Waals surface area contributed by atoms with Gasteiger partial charge in [-0.3, -0.25) is 9.48 Å². The van der Waals surface area contributed by atoms with Gasteiger partial charge in [0.05, 0.1) is 0 Å². The van der Waals surface area contributed by atoms with Crippen molar-refractivity contribution >= 4 is 5.91 Å². The molecule has 1 amide bonds. The average molecular weight is 245 g/mol. The fourth-order valence-corrected chi connectivity index (χ4v) is 1.55. The van der Waals surface area contributed by atoms with Crippen LogP contribution in [0.5, 0.6) is 0 Å². The average Bonchev–Trinajstić information content (AvgIpc) is 2.87. The van der Waals surface area contributed by atoms with Crippen LogP contribution in [0.3, 0.4) is 0 Å². The molecule has 2 aromatic heterocycles. The van der Waals surface area contributed by atoms with E-state index >= 15 is 0 Å². The van der Waals surface area contributed by atoms with Crippen molar-refractivity contribution < 1.29 is 4.79 Å². The van der Waals surface area contributed by atoms with Gasteiger partial charge in [-0.15, -0.1) is 0 Å². The zero-order chi connectivity index (χ0) is 12.8. The molecule has 2 rings (SSSR count). The van der Waals surface area contributed by atoms with Crippen LogP contribution in [0.2, 0.25) is 0 Å². The Balaban J connectivity index is 1.75. The third-order valence-electron chi connectivity index (χ3n) is 2.44. The van der Waals surface area contributed by atoms with Gasteiger partial charge in [-0.25, -0.2) is 9.97 Å². The molecule has 0 aliphatic heterocycles. The summed E-state index contributed by atoms with van der Waals surface area (Å²) in [6.45, 7) is 3.19. The van der Waals surface area contributed by atoms with Gasteiger partial charge >= 0.3 is 0 Å². The second-order valence-corrected chi connectivity index (χ2v) is 3.93. The van der Waals surface area contributed by atoms with E-state index in [1.807, 2.05) is 19.1 Å². The minimum atomic E-state index is -0.141.